The Bertz CT molecular complexity index is 280. The highest BCUT2D eigenvalue weighted by atomic mass is 35.5. The minimum Gasteiger partial charge on any atom is -0.374 e. The summed E-state index contributed by atoms with van der Waals surface area (Å²) in [6.07, 6.45) is -0.453. The molecule has 0 aromatic heterocycles. The molecule has 84 valence electrons. The van der Waals surface area contributed by atoms with Gasteiger partial charge in [0.1, 0.15) is 0 Å². The van der Waals surface area contributed by atoms with Crippen LogP contribution in [0, 0.1) is 0 Å². The van der Waals surface area contributed by atoms with E-state index in [-0.39, 0.29) is 29.4 Å². The normalized spacial score (nSPS) is 33.1. The SMILES string of the molecule is O=S1(=O)C[C@H](OC[C@@H](Cl)CCl)[C@@H](Cl)C1. The van der Waals surface area contributed by atoms with Gasteiger partial charge in [-0.05, 0) is 0 Å². The maximum atomic E-state index is 11.1. The Labute approximate surface area is 98.6 Å². The summed E-state index contributed by atoms with van der Waals surface area (Å²) in [5, 5.41) is -0.775. The van der Waals surface area contributed by atoms with Crippen molar-refractivity contribution in [2.24, 2.45) is 0 Å². The van der Waals surface area contributed by atoms with E-state index in [2.05, 4.69) is 0 Å². The molecule has 1 aliphatic rings. The molecule has 0 amide bonds. The van der Waals surface area contributed by atoms with E-state index in [0.29, 0.717) is 0 Å². The topological polar surface area (TPSA) is 43.4 Å². The van der Waals surface area contributed by atoms with Crippen LogP contribution in [0.25, 0.3) is 0 Å². The molecule has 1 rings (SSSR count). The molecule has 0 unspecified atom stereocenters. The lowest BCUT2D eigenvalue weighted by atomic mass is 10.3. The van der Waals surface area contributed by atoms with E-state index >= 15 is 0 Å². The largest absolute Gasteiger partial charge is 0.374 e. The van der Waals surface area contributed by atoms with Crippen molar-refractivity contribution in [1.82, 2.24) is 0 Å². The Balaban J connectivity index is 2.40. The summed E-state index contributed by atoms with van der Waals surface area (Å²) in [5.74, 6) is 0.230. The Morgan fingerprint density at radius 2 is 2.07 bits per heavy atom. The summed E-state index contributed by atoms with van der Waals surface area (Å²) in [7, 11) is -3.03. The number of rotatable bonds is 4. The number of alkyl halides is 3. The lowest BCUT2D eigenvalue weighted by Crippen LogP contribution is -2.26. The highest BCUT2D eigenvalue weighted by Gasteiger charge is 2.37. The molecule has 14 heavy (non-hydrogen) atoms. The van der Waals surface area contributed by atoms with E-state index < -0.39 is 21.3 Å². The van der Waals surface area contributed by atoms with Crippen LogP contribution in [0.15, 0.2) is 0 Å². The van der Waals surface area contributed by atoms with Crippen molar-refractivity contribution in [3.63, 3.8) is 0 Å². The van der Waals surface area contributed by atoms with Gasteiger partial charge in [0, 0.05) is 5.88 Å². The fourth-order valence-electron chi connectivity index (χ4n) is 1.20. The van der Waals surface area contributed by atoms with Crippen LogP contribution in [-0.2, 0) is 14.6 Å². The Morgan fingerprint density at radius 1 is 1.43 bits per heavy atom. The number of hydrogen-bond donors (Lipinski definition) is 0. The molecule has 0 aromatic carbocycles. The molecule has 0 aromatic rings. The maximum absolute atomic E-state index is 11.1. The lowest BCUT2D eigenvalue weighted by Gasteiger charge is -2.14. The number of hydrogen-bond acceptors (Lipinski definition) is 3. The molecule has 1 saturated heterocycles. The third kappa shape index (κ3) is 3.74. The van der Waals surface area contributed by atoms with Gasteiger partial charge in [0.15, 0.2) is 9.84 Å². The fraction of sp³-hybridized carbons (Fsp3) is 1.00. The quantitative estimate of drug-likeness (QED) is 0.729. The number of halogens is 3. The first-order valence-electron chi connectivity index (χ1n) is 4.11. The molecular formula is C7H11Cl3O3S. The van der Waals surface area contributed by atoms with E-state index in [1.165, 1.54) is 0 Å². The van der Waals surface area contributed by atoms with Gasteiger partial charge in [-0.1, -0.05) is 0 Å². The Hall–Kier alpha value is 0.780. The molecule has 0 spiro atoms. The zero-order valence-electron chi connectivity index (χ0n) is 7.33. The van der Waals surface area contributed by atoms with Gasteiger partial charge in [0.2, 0.25) is 0 Å². The van der Waals surface area contributed by atoms with Crippen LogP contribution in [0.1, 0.15) is 0 Å². The summed E-state index contributed by atoms with van der Waals surface area (Å²) in [5.41, 5.74) is 0. The molecule has 3 nitrogen and oxygen atoms in total. The monoisotopic (exact) mass is 280 g/mol. The van der Waals surface area contributed by atoms with Crippen LogP contribution in [0.5, 0.6) is 0 Å². The van der Waals surface area contributed by atoms with Crippen molar-refractivity contribution in [3.05, 3.63) is 0 Å². The minimum absolute atomic E-state index is 0.0208. The lowest BCUT2D eigenvalue weighted by molar-refractivity contribution is 0.0757. The van der Waals surface area contributed by atoms with Crippen LogP contribution in [0.4, 0.5) is 0 Å². The molecule has 1 heterocycles. The van der Waals surface area contributed by atoms with Crippen LogP contribution in [0.2, 0.25) is 0 Å². The van der Waals surface area contributed by atoms with Gasteiger partial charge in [0.25, 0.3) is 0 Å². The third-order valence-electron chi connectivity index (χ3n) is 1.89. The second-order valence-electron chi connectivity index (χ2n) is 3.22. The molecule has 0 radical (unpaired) electrons. The number of sulfone groups is 1. The zero-order chi connectivity index (χ0) is 10.8. The average molecular weight is 282 g/mol. The Kier molecular flexibility index (Phi) is 4.78. The molecule has 0 N–H and O–H groups in total. The first-order chi connectivity index (χ1) is 6.44. The molecule has 0 aliphatic carbocycles. The van der Waals surface area contributed by atoms with Crippen LogP contribution in [-0.4, -0.2) is 49.3 Å². The average Bonchev–Trinajstić information content (AvgIpc) is 2.35. The highest BCUT2D eigenvalue weighted by Crippen LogP contribution is 2.21. The molecule has 3 atom stereocenters. The predicted molar refractivity (Wildman–Crippen MR) is 58.4 cm³/mol. The molecule has 1 fully saturated rings. The van der Waals surface area contributed by atoms with Crippen molar-refractivity contribution in [2.75, 3.05) is 24.0 Å². The fourth-order valence-corrected chi connectivity index (χ4v) is 3.87. The molecule has 1 aliphatic heterocycles. The van der Waals surface area contributed by atoms with Crippen LogP contribution < -0.4 is 0 Å². The van der Waals surface area contributed by atoms with E-state index in [4.69, 9.17) is 39.5 Å². The summed E-state index contributed by atoms with van der Waals surface area (Å²) in [6.45, 7) is 0.231. The Morgan fingerprint density at radius 3 is 2.50 bits per heavy atom. The second kappa shape index (κ2) is 5.21. The van der Waals surface area contributed by atoms with Gasteiger partial charge in [-0.2, -0.15) is 0 Å². The summed E-state index contributed by atoms with van der Waals surface area (Å²) in [4.78, 5) is 0. The van der Waals surface area contributed by atoms with Crippen molar-refractivity contribution >= 4 is 44.6 Å². The predicted octanol–water partition coefficient (Wildman–Crippen LogP) is 1.25. The van der Waals surface area contributed by atoms with Crippen LogP contribution in [0.3, 0.4) is 0 Å². The van der Waals surface area contributed by atoms with E-state index in [1.54, 1.807) is 0 Å². The van der Waals surface area contributed by atoms with Crippen molar-refractivity contribution in [1.29, 1.82) is 0 Å². The first kappa shape index (κ1) is 12.8. The van der Waals surface area contributed by atoms with Crippen molar-refractivity contribution < 1.29 is 13.2 Å². The van der Waals surface area contributed by atoms with E-state index in [9.17, 15) is 8.42 Å². The van der Waals surface area contributed by atoms with Gasteiger partial charge in [-0.3, -0.25) is 0 Å². The zero-order valence-corrected chi connectivity index (χ0v) is 10.4. The van der Waals surface area contributed by atoms with Gasteiger partial charge < -0.3 is 4.74 Å². The summed E-state index contributed by atoms with van der Waals surface area (Å²) in [6, 6.07) is 0. The number of ether oxygens (including phenoxy) is 1. The van der Waals surface area contributed by atoms with Gasteiger partial charge in [0.05, 0.1) is 35.0 Å². The minimum atomic E-state index is -3.03. The van der Waals surface area contributed by atoms with E-state index in [1.807, 2.05) is 0 Å². The summed E-state index contributed by atoms with van der Waals surface area (Å²) < 4.78 is 27.6. The molecular weight excluding hydrogens is 270 g/mol. The van der Waals surface area contributed by atoms with Gasteiger partial charge in [-0.15, -0.1) is 34.8 Å². The smallest absolute Gasteiger partial charge is 0.154 e. The van der Waals surface area contributed by atoms with Crippen molar-refractivity contribution in [3.8, 4) is 0 Å². The first-order valence-corrected chi connectivity index (χ1v) is 7.33. The highest BCUT2D eigenvalue weighted by molar-refractivity contribution is 7.91. The molecule has 0 bridgehead atoms. The maximum Gasteiger partial charge on any atom is 0.154 e. The van der Waals surface area contributed by atoms with Gasteiger partial charge in [-0.25, -0.2) is 8.42 Å². The van der Waals surface area contributed by atoms with Crippen LogP contribution >= 0.6 is 34.8 Å². The molecule has 7 heteroatoms. The van der Waals surface area contributed by atoms with E-state index in [0.717, 1.165) is 0 Å². The molecule has 0 saturated carbocycles. The standard InChI is InChI=1S/C7H11Cl3O3S/c8-1-5(9)2-13-7-4-14(11,12)3-6(7)10/h5-7H,1-4H2/t5-,6-,7-/m0/s1. The third-order valence-corrected chi connectivity index (χ3v) is 5.03. The van der Waals surface area contributed by atoms with Crippen molar-refractivity contribution in [2.45, 2.75) is 16.9 Å². The summed E-state index contributed by atoms with van der Waals surface area (Å²) >= 11 is 17.0. The second-order valence-corrected chi connectivity index (χ2v) is 6.86. The van der Waals surface area contributed by atoms with Gasteiger partial charge >= 0.3 is 0 Å².